The number of ether oxygens (including phenoxy) is 1. The third kappa shape index (κ3) is 4.24. The minimum Gasteiger partial charge on any atom is -0.466 e. The van der Waals surface area contributed by atoms with Crippen molar-refractivity contribution in [3.63, 3.8) is 0 Å². The second kappa shape index (κ2) is 9.07. The minimum atomic E-state index is -0.122. The Bertz CT molecular complexity index is 817. The first kappa shape index (κ1) is 19.4. The molecule has 0 bridgehead atoms. The van der Waals surface area contributed by atoms with Crippen molar-refractivity contribution in [3.05, 3.63) is 41.1 Å². The first-order chi connectivity index (χ1) is 13.8. The Balaban J connectivity index is 1.79. The number of aromatic nitrogens is 1. The lowest BCUT2D eigenvalue weighted by molar-refractivity contribution is -0.142. The van der Waals surface area contributed by atoms with Gasteiger partial charge in [0.25, 0.3) is 0 Å². The molecule has 0 aliphatic heterocycles. The number of hydrogen-bond donors (Lipinski definition) is 0. The largest absolute Gasteiger partial charge is 0.466 e. The molecule has 4 rings (SSSR count). The van der Waals surface area contributed by atoms with Crippen LogP contribution in [0, 0.1) is 0 Å². The van der Waals surface area contributed by atoms with E-state index in [1.807, 2.05) is 6.92 Å². The maximum Gasteiger partial charge on any atom is 0.310 e. The number of nitrogens with zero attached hydrogens (tertiary/aromatic N) is 1. The average Bonchev–Trinajstić information content (AvgIpc) is 2.74. The summed E-state index contributed by atoms with van der Waals surface area (Å²) in [5.41, 5.74) is 4.79. The van der Waals surface area contributed by atoms with Crippen LogP contribution in [0.4, 0.5) is 0 Å². The van der Waals surface area contributed by atoms with Crippen molar-refractivity contribution >= 4 is 16.9 Å². The van der Waals surface area contributed by atoms with Crippen molar-refractivity contribution in [1.29, 1.82) is 0 Å². The molecule has 3 heteroatoms. The smallest absolute Gasteiger partial charge is 0.310 e. The molecule has 0 radical (unpaired) electrons. The molecule has 0 unspecified atom stereocenters. The fourth-order valence-electron chi connectivity index (χ4n) is 5.29. The molecule has 2 aromatic rings. The lowest BCUT2D eigenvalue weighted by atomic mass is 9.80. The van der Waals surface area contributed by atoms with E-state index in [0.717, 1.165) is 11.1 Å². The summed E-state index contributed by atoms with van der Waals surface area (Å²) >= 11 is 0. The zero-order valence-corrected chi connectivity index (χ0v) is 17.2. The molecule has 0 spiro atoms. The van der Waals surface area contributed by atoms with E-state index < -0.39 is 0 Å². The van der Waals surface area contributed by atoms with E-state index >= 15 is 0 Å². The first-order valence-electron chi connectivity index (χ1n) is 11.3. The molecule has 0 amide bonds. The van der Waals surface area contributed by atoms with Gasteiger partial charge in [0.1, 0.15) is 0 Å². The maximum absolute atomic E-state index is 12.4. The summed E-state index contributed by atoms with van der Waals surface area (Å²) in [7, 11) is 0. The van der Waals surface area contributed by atoms with Gasteiger partial charge in [-0.1, -0.05) is 50.7 Å². The quantitative estimate of drug-likeness (QED) is 0.561. The molecule has 0 saturated heterocycles. The predicted octanol–water partition coefficient (Wildman–Crippen LogP) is 6.44. The Morgan fingerprint density at radius 3 is 2.36 bits per heavy atom. The van der Waals surface area contributed by atoms with Crippen molar-refractivity contribution in [2.45, 2.75) is 89.4 Å². The van der Waals surface area contributed by atoms with Crippen LogP contribution < -0.4 is 0 Å². The number of carbonyl (C=O) groups is 1. The fourth-order valence-corrected chi connectivity index (χ4v) is 5.29. The summed E-state index contributed by atoms with van der Waals surface area (Å²) < 4.78 is 5.31. The van der Waals surface area contributed by atoms with Crippen LogP contribution in [-0.4, -0.2) is 17.6 Å². The van der Waals surface area contributed by atoms with Gasteiger partial charge in [0.05, 0.1) is 18.5 Å². The highest BCUT2D eigenvalue weighted by Crippen LogP contribution is 2.39. The number of esters is 1. The minimum absolute atomic E-state index is 0.122. The lowest BCUT2D eigenvalue weighted by Crippen LogP contribution is -2.13. The van der Waals surface area contributed by atoms with Crippen LogP contribution in [0.5, 0.6) is 0 Å². The van der Waals surface area contributed by atoms with Crippen LogP contribution >= 0.6 is 0 Å². The van der Waals surface area contributed by atoms with Crippen LogP contribution in [0.2, 0.25) is 0 Å². The molecular weight excluding hydrogens is 346 g/mol. The molecule has 1 heterocycles. The molecule has 2 aliphatic rings. The molecule has 0 atom stereocenters. The lowest BCUT2D eigenvalue weighted by Gasteiger charge is -2.26. The van der Waals surface area contributed by atoms with Gasteiger partial charge in [-0.15, -0.1) is 0 Å². The standard InChI is InChI=1S/C25H33NO2/c1-2-28-24(27)17-20-16-23(19-12-7-4-8-13-19)26-22-15-9-14-21(25(20)22)18-10-5-3-6-11-18/h9,14-16,18-19H,2-8,10-13,17H2,1H3. The van der Waals surface area contributed by atoms with E-state index in [1.54, 1.807) is 0 Å². The van der Waals surface area contributed by atoms with Gasteiger partial charge >= 0.3 is 5.97 Å². The zero-order chi connectivity index (χ0) is 19.3. The molecule has 0 N–H and O–H groups in total. The number of pyridine rings is 1. The molecule has 2 fully saturated rings. The Kier molecular flexibility index (Phi) is 6.29. The highest BCUT2D eigenvalue weighted by Gasteiger charge is 2.23. The summed E-state index contributed by atoms with van der Waals surface area (Å²) in [4.78, 5) is 17.5. The van der Waals surface area contributed by atoms with Crippen LogP contribution in [0.1, 0.15) is 99.8 Å². The highest BCUT2D eigenvalue weighted by molar-refractivity contribution is 5.90. The topological polar surface area (TPSA) is 39.2 Å². The van der Waals surface area contributed by atoms with E-state index in [-0.39, 0.29) is 5.97 Å². The molecule has 1 aromatic heterocycles. The molecular formula is C25H33NO2. The van der Waals surface area contributed by atoms with E-state index in [0.29, 0.717) is 24.9 Å². The number of benzene rings is 1. The third-order valence-electron chi connectivity index (χ3n) is 6.68. The van der Waals surface area contributed by atoms with Crippen molar-refractivity contribution in [2.24, 2.45) is 0 Å². The van der Waals surface area contributed by atoms with Crippen LogP contribution in [0.3, 0.4) is 0 Å². The van der Waals surface area contributed by atoms with E-state index in [9.17, 15) is 4.79 Å². The number of hydrogen-bond acceptors (Lipinski definition) is 3. The first-order valence-corrected chi connectivity index (χ1v) is 11.3. The monoisotopic (exact) mass is 379 g/mol. The summed E-state index contributed by atoms with van der Waals surface area (Å²) in [6, 6.07) is 8.82. The van der Waals surface area contributed by atoms with Crippen LogP contribution in [0.15, 0.2) is 24.3 Å². The van der Waals surface area contributed by atoms with Gasteiger partial charge in [-0.05, 0) is 61.8 Å². The van der Waals surface area contributed by atoms with E-state index in [2.05, 4.69) is 24.3 Å². The Labute approximate surface area is 168 Å². The zero-order valence-electron chi connectivity index (χ0n) is 17.2. The number of rotatable bonds is 5. The molecule has 1 aromatic carbocycles. The Morgan fingerprint density at radius 2 is 1.68 bits per heavy atom. The predicted molar refractivity (Wildman–Crippen MR) is 114 cm³/mol. The van der Waals surface area contributed by atoms with Crippen molar-refractivity contribution in [1.82, 2.24) is 4.98 Å². The van der Waals surface area contributed by atoms with Gasteiger partial charge in [-0.3, -0.25) is 9.78 Å². The SMILES string of the molecule is CCOC(=O)Cc1cc(C2CCCCC2)nc2cccc(C3CCCCC3)c12. The number of carbonyl (C=O) groups excluding carboxylic acids is 1. The second-order valence-electron chi connectivity index (χ2n) is 8.60. The third-order valence-corrected chi connectivity index (χ3v) is 6.68. The van der Waals surface area contributed by atoms with Gasteiger partial charge in [-0.2, -0.15) is 0 Å². The molecule has 28 heavy (non-hydrogen) atoms. The fraction of sp³-hybridized carbons (Fsp3) is 0.600. The second-order valence-corrected chi connectivity index (χ2v) is 8.60. The molecule has 3 nitrogen and oxygen atoms in total. The summed E-state index contributed by atoms with van der Waals surface area (Å²) in [6.07, 6.45) is 13.2. The van der Waals surface area contributed by atoms with Gasteiger partial charge in [-0.25, -0.2) is 0 Å². The molecule has 2 aliphatic carbocycles. The highest BCUT2D eigenvalue weighted by atomic mass is 16.5. The number of fused-ring (bicyclic) bond motifs is 1. The van der Waals surface area contributed by atoms with Gasteiger partial charge in [0.2, 0.25) is 0 Å². The summed E-state index contributed by atoms with van der Waals surface area (Å²) in [5, 5.41) is 1.22. The molecule has 2 saturated carbocycles. The van der Waals surface area contributed by atoms with Crippen LogP contribution in [-0.2, 0) is 16.0 Å². The summed E-state index contributed by atoms with van der Waals surface area (Å²) in [5.74, 6) is 1.01. The van der Waals surface area contributed by atoms with Crippen molar-refractivity contribution in [3.8, 4) is 0 Å². The van der Waals surface area contributed by atoms with Crippen LogP contribution in [0.25, 0.3) is 10.9 Å². The molecule has 150 valence electrons. The van der Waals surface area contributed by atoms with Gasteiger partial charge < -0.3 is 4.74 Å². The van der Waals surface area contributed by atoms with E-state index in [4.69, 9.17) is 9.72 Å². The summed E-state index contributed by atoms with van der Waals surface area (Å²) in [6.45, 7) is 2.32. The van der Waals surface area contributed by atoms with Crippen molar-refractivity contribution < 1.29 is 9.53 Å². The maximum atomic E-state index is 12.4. The van der Waals surface area contributed by atoms with E-state index in [1.165, 1.54) is 80.9 Å². The average molecular weight is 380 g/mol. The van der Waals surface area contributed by atoms with Gasteiger partial charge in [0, 0.05) is 17.0 Å². The van der Waals surface area contributed by atoms with Crippen molar-refractivity contribution in [2.75, 3.05) is 6.61 Å². The Morgan fingerprint density at radius 1 is 1.00 bits per heavy atom. The van der Waals surface area contributed by atoms with Gasteiger partial charge in [0.15, 0.2) is 0 Å². The Hall–Kier alpha value is -1.90. The normalized spacial score (nSPS) is 19.0.